The molecule has 1 aromatic carbocycles. The van der Waals surface area contributed by atoms with Crippen molar-refractivity contribution in [1.29, 1.82) is 5.41 Å². The van der Waals surface area contributed by atoms with Crippen LogP contribution in [0, 0.1) is 5.41 Å². The standard InChI is InChI=1S/C14H22N4O2/c1-14(2,3)20-13(19)18(12(17)9-16)11-6-4-5-10(7-11)8-15/h4-7,17H,8-9,15-16H2,1-3H3. The first kappa shape index (κ1) is 16.1. The third-order valence-corrected chi connectivity index (χ3v) is 2.44. The quantitative estimate of drug-likeness (QED) is 0.579. The molecule has 0 unspecified atom stereocenters. The molecule has 1 amide bonds. The summed E-state index contributed by atoms with van der Waals surface area (Å²) >= 11 is 0. The molecule has 0 fully saturated rings. The molecule has 20 heavy (non-hydrogen) atoms. The van der Waals surface area contributed by atoms with Gasteiger partial charge in [-0.05, 0) is 38.5 Å². The second-order valence-electron chi connectivity index (χ2n) is 5.34. The fourth-order valence-electron chi connectivity index (χ4n) is 1.59. The average molecular weight is 278 g/mol. The molecule has 110 valence electrons. The highest BCUT2D eigenvalue weighted by atomic mass is 16.6. The summed E-state index contributed by atoms with van der Waals surface area (Å²) in [4.78, 5) is 13.4. The minimum absolute atomic E-state index is 0.0339. The van der Waals surface area contributed by atoms with Gasteiger partial charge < -0.3 is 16.2 Å². The summed E-state index contributed by atoms with van der Waals surface area (Å²) in [6, 6.07) is 7.09. The lowest BCUT2D eigenvalue weighted by Crippen LogP contribution is -2.43. The fourth-order valence-corrected chi connectivity index (χ4v) is 1.59. The van der Waals surface area contributed by atoms with Crippen molar-refractivity contribution < 1.29 is 9.53 Å². The predicted octanol–water partition coefficient (Wildman–Crippen LogP) is 1.82. The number of hydrogen-bond donors (Lipinski definition) is 3. The van der Waals surface area contributed by atoms with Crippen LogP contribution in [-0.2, 0) is 11.3 Å². The molecular weight excluding hydrogens is 256 g/mol. The van der Waals surface area contributed by atoms with Gasteiger partial charge in [-0.3, -0.25) is 5.41 Å². The molecule has 0 aliphatic carbocycles. The lowest BCUT2D eigenvalue weighted by atomic mass is 10.2. The van der Waals surface area contributed by atoms with Crippen molar-refractivity contribution in [2.24, 2.45) is 11.5 Å². The number of nitrogens with two attached hydrogens (primary N) is 2. The Labute approximate surface area is 119 Å². The molecule has 0 bridgehead atoms. The molecular formula is C14H22N4O2. The van der Waals surface area contributed by atoms with E-state index in [4.69, 9.17) is 21.6 Å². The van der Waals surface area contributed by atoms with Gasteiger partial charge in [-0.25, -0.2) is 9.69 Å². The largest absolute Gasteiger partial charge is 0.443 e. The minimum atomic E-state index is -0.643. The number of rotatable bonds is 3. The van der Waals surface area contributed by atoms with Gasteiger partial charge in [-0.2, -0.15) is 0 Å². The van der Waals surface area contributed by atoms with Crippen molar-refractivity contribution >= 4 is 17.6 Å². The van der Waals surface area contributed by atoms with Gasteiger partial charge in [0.25, 0.3) is 0 Å². The van der Waals surface area contributed by atoms with E-state index in [1.165, 1.54) is 0 Å². The molecule has 0 aromatic heterocycles. The Morgan fingerprint density at radius 2 is 2.00 bits per heavy atom. The Balaban J connectivity index is 3.12. The maximum absolute atomic E-state index is 12.2. The van der Waals surface area contributed by atoms with Crippen LogP contribution in [0.3, 0.4) is 0 Å². The van der Waals surface area contributed by atoms with Gasteiger partial charge in [0, 0.05) is 6.54 Å². The van der Waals surface area contributed by atoms with E-state index in [9.17, 15) is 4.79 Å². The lowest BCUT2D eigenvalue weighted by molar-refractivity contribution is 0.0603. The fraction of sp³-hybridized carbons (Fsp3) is 0.429. The summed E-state index contributed by atoms with van der Waals surface area (Å²) in [7, 11) is 0. The normalized spacial score (nSPS) is 11.1. The zero-order chi connectivity index (χ0) is 15.3. The van der Waals surface area contributed by atoms with E-state index in [0.717, 1.165) is 10.5 Å². The summed E-state index contributed by atoms with van der Waals surface area (Å²) in [6.07, 6.45) is -0.623. The Kier molecular flexibility index (Phi) is 5.24. The molecule has 0 heterocycles. The van der Waals surface area contributed by atoms with Crippen molar-refractivity contribution in [1.82, 2.24) is 0 Å². The van der Waals surface area contributed by atoms with Crippen molar-refractivity contribution in [3.05, 3.63) is 29.8 Å². The predicted molar refractivity (Wildman–Crippen MR) is 79.8 cm³/mol. The van der Waals surface area contributed by atoms with Gasteiger partial charge in [0.05, 0.1) is 12.2 Å². The number of benzene rings is 1. The molecule has 0 atom stereocenters. The Morgan fingerprint density at radius 3 is 2.50 bits per heavy atom. The smallest absolute Gasteiger partial charge is 0.420 e. The van der Waals surface area contributed by atoms with Gasteiger partial charge in [-0.1, -0.05) is 12.1 Å². The molecule has 5 N–H and O–H groups in total. The lowest BCUT2D eigenvalue weighted by Gasteiger charge is -2.27. The van der Waals surface area contributed by atoms with Gasteiger partial charge in [0.1, 0.15) is 11.4 Å². The topological polar surface area (TPSA) is 105 Å². The van der Waals surface area contributed by atoms with Crippen LogP contribution in [0.5, 0.6) is 0 Å². The number of nitrogens with one attached hydrogen (secondary N) is 1. The third kappa shape index (κ3) is 4.32. The van der Waals surface area contributed by atoms with E-state index in [1.54, 1.807) is 39.0 Å². The number of amidine groups is 1. The third-order valence-electron chi connectivity index (χ3n) is 2.44. The highest BCUT2D eigenvalue weighted by Gasteiger charge is 2.26. The van der Waals surface area contributed by atoms with Gasteiger partial charge in [0.15, 0.2) is 0 Å². The van der Waals surface area contributed by atoms with Crippen LogP contribution in [0.1, 0.15) is 26.3 Å². The number of nitrogens with zero attached hydrogens (tertiary/aromatic N) is 1. The maximum atomic E-state index is 12.2. The molecule has 0 aliphatic heterocycles. The molecule has 0 spiro atoms. The molecule has 6 heteroatoms. The van der Waals surface area contributed by atoms with Crippen LogP contribution in [0.2, 0.25) is 0 Å². The molecule has 1 rings (SSSR count). The van der Waals surface area contributed by atoms with E-state index in [-0.39, 0.29) is 12.4 Å². The van der Waals surface area contributed by atoms with Crippen LogP contribution in [0.15, 0.2) is 24.3 Å². The number of hydrogen-bond acceptors (Lipinski definition) is 5. The maximum Gasteiger partial charge on any atom is 0.420 e. The summed E-state index contributed by atoms with van der Waals surface area (Å²) in [5.41, 5.74) is 11.8. The van der Waals surface area contributed by atoms with Gasteiger partial charge in [0.2, 0.25) is 0 Å². The molecule has 0 radical (unpaired) electrons. The average Bonchev–Trinajstić information content (AvgIpc) is 2.36. The van der Waals surface area contributed by atoms with E-state index in [2.05, 4.69) is 0 Å². The molecule has 0 saturated carbocycles. The zero-order valence-corrected chi connectivity index (χ0v) is 12.1. The number of anilines is 1. The van der Waals surface area contributed by atoms with E-state index < -0.39 is 11.7 Å². The van der Waals surface area contributed by atoms with Gasteiger partial charge in [-0.15, -0.1) is 0 Å². The van der Waals surface area contributed by atoms with Crippen molar-refractivity contribution in [2.75, 3.05) is 11.4 Å². The van der Waals surface area contributed by atoms with Crippen molar-refractivity contribution in [3.63, 3.8) is 0 Å². The number of ether oxygens (including phenoxy) is 1. The summed E-state index contributed by atoms with van der Waals surface area (Å²) in [5, 5.41) is 7.87. The molecule has 1 aromatic rings. The number of amides is 1. The Morgan fingerprint density at radius 1 is 1.35 bits per heavy atom. The first-order valence-corrected chi connectivity index (χ1v) is 6.38. The zero-order valence-electron chi connectivity index (χ0n) is 12.1. The number of carbonyl (C=O) groups is 1. The summed E-state index contributed by atoms with van der Waals surface area (Å²) < 4.78 is 5.31. The van der Waals surface area contributed by atoms with Gasteiger partial charge >= 0.3 is 6.09 Å². The number of carbonyl (C=O) groups excluding carboxylic acids is 1. The molecule has 0 aliphatic rings. The second-order valence-corrected chi connectivity index (χ2v) is 5.34. The Hall–Kier alpha value is -1.92. The van der Waals surface area contributed by atoms with Crippen LogP contribution in [0.4, 0.5) is 10.5 Å². The monoisotopic (exact) mass is 278 g/mol. The van der Waals surface area contributed by atoms with E-state index >= 15 is 0 Å². The molecule has 6 nitrogen and oxygen atoms in total. The Bertz CT molecular complexity index is 494. The minimum Gasteiger partial charge on any atom is -0.443 e. The highest BCUT2D eigenvalue weighted by Crippen LogP contribution is 2.20. The van der Waals surface area contributed by atoms with Crippen LogP contribution < -0.4 is 16.4 Å². The van der Waals surface area contributed by atoms with Crippen LogP contribution in [0.25, 0.3) is 0 Å². The highest BCUT2D eigenvalue weighted by molar-refractivity contribution is 6.14. The first-order chi connectivity index (χ1) is 9.28. The SMILES string of the molecule is CC(C)(C)OC(=O)N(C(=N)CN)c1cccc(CN)c1. The van der Waals surface area contributed by atoms with Crippen molar-refractivity contribution in [3.8, 4) is 0 Å². The summed E-state index contributed by atoms with van der Waals surface area (Å²) in [5.74, 6) is -0.0339. The molecule has 0 saturated heterocycles. The van der Waals surface area contributed by atoms with E-state index in [1.807, 2.05) is 6.07 Å². The summed E-state index contributed by atoms with van der Waals surface area (Å²) in [6.45, 7) is 5.60. The van der Waals surface area contributed by atoms with Crippen LogP contribution in [-0.4, -0.2) is 24.1 Å². The van der Waals surface area contributed by atoms with Crippen LogP contribution >= 0.6 is 0 Å². The van der Waals surface area contributed by atoms with Crippen molar-refractivity contribution in [2.45, 2.75) is 32.9 Å². The first-order valence-electron chi connectivity index (χ1n) is 6.38. The van der Waals surface area contributed by atoms with E-state index in [0.29, 0.717) is 12.2 Å². The second kappa shape index (κ2) is 6.49.